The van der Waals surface area contributed by atoms with Gasteiger partial charge in [-0.15, -0.1) is 0 Å². The molecule has 0 unspecified atom stereocenters. The molecule has 0 fully saturated rings. The summed E-state index contributed by atoms with van der Waals surface area (Å²) in [6.45, 7) is 0. The van der Waals surface area contributed by atoms with Gasteiger partial charge in [-0.1, -0.05) is 0 Å². The number of aliphatic imine (C=N–C) groups is 1. The van der Waals surface area contributed by atoms with E-state index in [9.17, 15) is 30.7 Å². The topological polar surface area (TPSA) is 65.2 Å². The van der Waals surface area contributed by atoms with E-state index in [4.69, 9.17) is 5.26 Å². The first-order chi connectivity index (χ1) is 10.3. The lowest BCUT2D eigenvalue weighted by atomic mass is 10.1. The summed E-state index contributed by atoms with van der Waals surface area (Å²) in [6, 6.07) is 1.46. The molecule has 0 amide bonds. The number of nitriles is 1. The molecular formula is C11H8F7N5. The Morgan fingerprint density at radius 2 is 1.74 bits per heavy atom. The van der Waals surface area contributed by atoms with Crippen molar-refractivity contribution in [3.63, 3.8) is 0 Å². The normalized spacial score (nSPS) is 13.2. The molecule has 0 aromatic carbocycles. The smallest absolute Gasteiger partial charge is 0.369 e. The largest absolute Gasteiger partial charge is 0.460 e. The molecule has 0 spiro atoms. The third-order valence-corrected chi connectivity index (χ3v) is 2.33. The van der Waals surface area contributed by atoms with E-state index in [0.29, 0.717) is 6.20 Å². The van der Waals surface area contributed by atoms with E-state index in [2.05, 4.69) is 15.0 Å². The average molecular weight is 343 g/mol. The van der Waals surface area contributed by atoms with E-state index in [1.54, 1.807) is 0 Å². The van der Waals surface area contributed by atoms with E-state index in [1.165, 1.54) is 25.1 Å². The lowest BCUT2D eigenvalue weighted by Gasteiger charge is -2.26. The van der Waals surface area contributed by atoms with Gasteiger partial charge in [-0.25, -0.2) is 15.0 Å². The molecule has 12 heteroatoms. The number of nitrogens with zero attached hydrogens (tertiary/aromatic N) is 5. The molecule has 126 valence electrons. The number of alkyl halides is 7. The number of hydrogen-bond acceptors (Lipinski definition) is 4. The van der Waals surface area contributed by atoms with Gasteiger partial charge in [0.25, 0.3) is 0 Å². The van der Waals surface area contributed by atoms with E-state index >= 15 is 0 Å². The minimum Gasteiger partial charge on any atom is -0.369 e. The van der Waals surface area contributed by atoms with Crippen molar-refractivity contribution in [2.45, 2.75) is 18.0 Å². The van der Waals surface area contributed by atoms with Gasteiger partial charge in [0.2, 0.25) is 5.82 Å². The van der Waals surface area contributed by atoms with Crippen molar-refractivity contribution in [2.24, 2.45) is 4.99 Å². The standard InChI is InChI=1S/C11H8F7N5/c1-23(2)5-21-7-6(3-19)4-20-8(22-7)9(12,13)10(14,15)11(16,17)18/h4-5H,1-2H3/b21-5-. The molecule has 5 nitrogen and oxygen atoms in total. The predicted octanol–water partition coefficient (Wildman–Crippen LogP) is 2.86. The second kappa shape index (κ2) is 5.98. The number of hydrogen-bond donors (Lipinski definition) is 0. The summed E-state index contributed by atoms with van der Waals surface area (Å²) in [5, 5.41) is 8.73. The van der Waals surface area contributed by atoms with Crippen LogP contribution in [0.2, 0.25) is 0 Å². The number of aromatic nitrogens is 2. The maximum absolute atomic E-state index is 13.5. The van der Waals surface area contributed by atoms with Crippen molar-refractivity contribution in [3.05, 3.63) is 17.6 Å². The van der Waals surface area contributed by atoms with Gasteiger partial charge in [-0.3, -0.25) is 0 Å². The van der Waals surface area contributed by atoms with Gasteiger partial charge < -0.3 is 4.90 Å². The Hall–Kier alpha value is -2.45. The Morgan fingerprint density at radius 1 is 1.17 bits per heavy atom. The maximum atomic E-state index is 13.5. The maximum Gasteiger partial charge on any atom is 0.460 e. The van der Waals surface area contributed by atoms with Gasteiger partial charge in [0, 0.05) is 14.1 Å². The van der Waals surface area contributed by atoms with E-state index < -0.39 is 35.2 Å². The lowest BCUT2D eigenvalue weighted by Crippen LogP contribution is -2.50. The fourth-order valence-corrected chi connectivity index (χ4v) is 1.19. The summed E-state index contributed by atoms with van der Waals surface area (Å²) in [4.78, 5) is 10.4. The summed E-state index contributed by atoms with van der Waals surface area (Å²) in [5.74, 6) is -15.0. The highest BCUT2D eigenvalue weighted by molar-refractivity contribution is 5.62. The molecule has 0 bridgehead atoms. The molecule has 0 saturated carbocycles. The Bertz CT molecular complexity index is 645. The third-order valence-electron chi connectivity index (χ3n) is 2.33. The molecule has 1 rings (SSSR count). The van der Waals surface area contributed by atoms with Crippen LogP contribution in [0.5, 0.6) is 0 Å². The second-order valence-corrected chi connectivity index (χ2v) is 4.40. The summed E-state index contributed by atoms with van der Waals surface area (Å²) >= 11 is 0. The van der Waals surface area contributed by atoms with Crippen molar-refractivity contribution in [1.29, 1.82) is 5.26 Å². The van der Waals surface area contributed by atoms with Gasteiger partial charge >= 0.3 is 18.0 Å². The van der Waals surface area contributed by atoms with Crippen molar-refractivity contribution in [2.75, 3.05) is 14.1 Å². The molecular weight excluding hydrogens is 335 g/mol. The van der Waals surface area contributed by atoms with Crippen molar-refractivity contribution in [1.82, 2.24) is 14.9 Å². The summed E-state index contributed by atoms with van der Waals surface area (Å²) < 4.78 is 89.3. The summed E-state index contributed by atoms with van der Waals surface area (Å²) in [7, 11) is 2.92. The number of halogens is 7. The monoisotopic (exact) mass is 343 g/mol. The molecule has 0 aliphatic rings. The molecule has 1 aromatic heterocycles. The first kappa shape index (κ1) is 18.6. The molecule has 1 heterocycles. The van der Waals surface area contributed by atoms with E-state index in [0.717, 1.165) is 6.34 Å². The first-order valence-electron chi connectivity index (χ1n) is 5.65. The van der Waals surface area contributed by atoms with Crippen LogP contribution in [0.25, 0.3) is 0 Å². The lowest BCUT2D eigenvalue weighted by molar-refractivity contribution is -0.361. The van der Waals surface area contributed by atoms with Crippen LogP contribution in [0.1, 0.15) is 11.4 Å². The Balaban J connectivity index is 3.45. The Labute approximate surface area is 125 Å². The fourth-order valence-electron chi connectivity index (χ4n) is 1.19. The third kappa shape index (κ3) is 3.49. The second-order valence-electron chi connectivity index (χ2n) is 4.40. The highest BCUT2D eigenvalue weighted by Gasteiger charge is 2.75. The first-order valence-corrected chi connectivity index (χ1v) is 5.65. The van der Waals surface area contributed by atoms with Gasteiger partial charge in [0.15, 0.2) is 5.82 Å². The van der Waals surface area contributed by atoms with Crippen molar-refractivity contribution >= 4 is 12.2 Å². The fraction of sp³-hybridized carbons (Fsp3) is 0.455. The van der Waals surface area contributed by atoms with Crippen LogP contribution in [0, 0.1) is 11.3 Å². The Morgan fingerprint density at radius 3 is 2.17 bits per heavy atom. The van der Waals surface area contributed by atoms with Crippen LogP contribution in [0.4, 0.5) is 36.6 Å². The van der Waals surface area contributed by atoms with Crippen molar-refractivity contribution in [3.8, 4) is 6.07 Å². The average Bonchev–Trinajstić information content (AvgIpc) is 2.43. The highest BCUT2D eigenvalue weighted by atomic mass is 19.4. The van der Waals surface area contributed by atoms with Gasteiger partial charge in [0.05, 0.1) is 12.5 Å². The predicted molar refractivity (Wildman–Crippen MR) is 63.5 cm³/mol. The van der Waals surface area contributed by atoms with Gasteiger partial charge in [-0.05, 0) is 0 Å². The van der Waals surface area contributed by atoms with Crippen LogP contribution in [0.15, 0.2) is 11.2 Å². The zero-order valence-corrected chi connectivity index (χ0v) is 11.5. The summed E-state index contributed by atoms with van der Waals surface area (Å²) in [5.41, 5.74) is -0.474. The van der Waals surface area contributed by atoms with Crippen LogP contribution in [-0.4, -0.2) is 47.4 Å². The van der Waals surface area contributed by atoms with Crippen molar-refractivity contribution < 1.29 is 30.7 Å². The zero-order valence-electron chi connectivity index (χ0n) is 11.5. The van der Waals surface area contributed by atoms with Crippen LogP contribution >= 0.6 is 0 Å². The molecule has 0 aliphatic heterocycles. The minimum absolute atomic E-state index is 0.394. The quantitative estimate of drug-likeness (QED) is 0.479. The van der Waals surface area contributed by atoms with Gasteiger partial charge in [0.1, 0.15) is 11.6 Å². The summed E-state index contributed by atoms with van der Waals surface area (Å²) in [6.07, 6.45) is -5.13. The Kier molecular flexibility index (Phi) is 4.83. The molecule has 0 atom stereocenters. The molecule has 1 aromatic rings. The SMILES string of the molecule is CN(C)/C=N\c1nc(C(F)(F)C(F)(F)C(F)(F)F)ncc1C#N. The molecule has 0 aliphatic carbocycles. The van der Waals surface area contributed by atoms with Crippen LogP contribution in [-0.2, 0) is 5.92 Å². The van der Waals surface area contributed by atoms with Crippen LogP contribution in [0.3, 0.4) is 0 Å². The highest BCUT2D eigenvalue weighted by Crippen LogP contribution is 2.50. The molecule has 0 saturated heterocycles. The van der Waals surface area contributed by atoms with Gasteiger partial charge in [-0.2, -0.15) is 36.0 Å². The van der Waals surface area contributed by atoms with E-state index in [1.807, 2.05) is 0 Å². The minimum atomic E-state index is -6.51. The molecule has 0 N–H and O–H groups in total. The van der Waals surface area contributed by atoms with E-state index in [-0.39, 0.29) is 0 Å². The molecule has 0 radical (unpaired) electrons. The van der Waals surface area contributed by atoms with Crippen LogP contribution < -0.4 is 0 Å². The molecule has 23 heavy (non-hydrogen) atoms. The zero-order chi connectivity index (χ0) is 18.1. The number of rotatable bonds is 4.